The van der Waals surface area contributed by atoms with Crippen LogP contribution in [0.3, 0.4) is 0 Å². The summed E-state index contributed by atoms with van der Waals surface area (Å²) < 4.78 is 52.0. The van der Waals surface area contributed by atoms with E-state index in [1.807, 2.05) is 6.07 Å². The van der Waals surface area contributed by atoms with Gasteiger partial charge in [-0.05, 0) is 62.6 Å². The summed E-state index contributed by atoms with van der Waals surface area (Å²) in [5.41, 5.74) is 0.987. The molecule has 0 aromatic heterocycles. The molecule has 1 aromatic rings. The summed E-state index contributed by atoms with van der Waals surface area (Å²) >= 11 is 0. The topological polar surface area (TPSA) is 107 Å². The van der Waals surface area contributed by atoms with E-state index in [0.717, 1.165) is 49.6 Å². The van der Waals surface area contributed by atoms with Gasteiger partial charge in [0.1, 0.15) is 6.10 Å². The van der Waals surface area contributed by atoms with Crippen molar-refractivity contribution in [3.05, 3.63) is 23.3 Å². The third-order valence-corrected chi connectivity index (χ3v) is 10.7. The van der Waals surface area contributed by atoms with Gasteiger partial charge in [0.05, 0.1) is 83.2 Å². The summed E-state index contributed by atoms with van der Waals surface area (Å²) in [6.07, 6.45) is 6.59. The molecule has 0 radical (unpaired) electrons. The minimum absolute atomic E-state index is 0.0789. The van der Waals surface area contributed by atoms with Gasteiger partial charge in [-0.3, -0.25) is 4.90 Å². The second-order valence-corrected chi connectivity index (χ2v) is 13.1. The molecular weight excluding hydrogens is 582 g/mol. The standard InChI is InChI=1S/C34H53NO10/c1-37-12-14-39-16-17-40-18-19-41-20-21-43-28-8-9-34(36)29-22-26-6-7-27(44-24-42-15-13-38-2)31-30(26)33(34,32(28)45-31)10-11-35(29)23-25-4-3-5-25/h6-7,25,28-29,32,36H,3-5,8-24H2,1-2H3/t28-,29+,32-,33-,34+/m0/s1. The average molecular weight is 636 g/mol. The highest BCUT2D eigenvalue weighted by Gasteiger charge is 2.73. The number of benzene rings is 1. The first-order valence-corrected chi connectivity index (χ1v) is 16.9. The van der Waals surface area contributed by atoms with Gasteiger partial charge in [0.2, 0.25) is 0 Å². The Kier molecular flexibility index (Phi) is 11.5. The fraction of sp³-hybridized carbons (Fsp3) is 0.824. The molecule has 2 saturated carbocycles. The Hall–Kier alpha value is -1.54. The maximum absolute atomic E-state index is 12.8. The molecule has 1 spiro atoms. The third kappa shape index (κ3) is 6.75. The molecule has 3 fully saturated rings. The predicted molar refractivity (Wildman–Crippen MR) is 165 cm³/mol. The lowest BCUT2D eigenvalue weighted by molar-refractivity contribution is -0.218. The number of ether oxygens (including phenoxy) is 9. The lowest BCUT2D eigenvalue weighted by Crippen LogP contribution is -2.77. The molecule has 5 aliphatic rings. The van der Waals surface area contributed by atoms with Crippen LogP contribution in [-0.2, 0) is 45.0 Å². The second-order valence-electron chi connectivity index (χ2n) is 13.1. The molecule has 0 amide bonds. The van der Waals surface area contributed by atoms with E-state index in [1.54, 1.807) is 14.2 Å². The van der Waals surface area contributed by atoms with Gasteiger partial charge in [0.25, 0.3) is 0 Å². The van der Waals surface area contributed by atoms with Crippen molar-refractivity contribution in [3.8, 4) is 11.5 Å². The molecule has 1 saturated heterocycles. The summed E-state index contributed by atoms with van der Waals surface area (Å²) in [4.78, 5) is 2.60. The predicted octanol–water partition coefficient (Wildman–Crippen LogP) is 2.72. The quantitative estimate of drug-likeness (QED) is 0.159. The second kappa shape index (κ2) is 15.6. The van der Waals surface area contributed by atoms with Crippen LogP contribution >= 0.6 is 0 Å². The number of rotatable bonds is 21. The maximum atomic E-state index is 12.8. The average Bonchev–Trinajstić information content (AvgIpc) is 3.37. The van der Waals surface area contributed by atoms with E-state index in [0.29, 0.717) is 78.2 Å². The first-order chi connectivity index (χ1) is 22.1. The van der Waals surface area contributed by atoms with Crippen molar-refractivity contribution in [2.24, 2.45) is 5.92 Å². The molecule has 2 aliphatic heterocycles. The zero-order valence-corrected chi connectivity index (χ0v) is 27.2. The number of hydrogen-bond acceptors (Lipinski definition) is 11. The van der Waals surface area contributed by atoms with E-state index in [1.165, 1.54) is 24.8 Å². The van der Waals surface area contributed by atoms with Crippen LogP contribution in [0.2, 0.25) is 0 Å². The van der Waals surface area contributed by atoms with Gasteiger partial charge in [-0.2, -0.15) is 0 Å². The molecule has 2 heterocycles. The molecule has 1 aromatic carbocycles. The molecular formula is C34H53NO10. The van der Waals surface area contributed by atoms with Crippen LogP contribution in [0, 0.1) is 5.92 Å². The molecule has 45 heavy (non-hydrogen) atoms. The van der Waals surface area contributed by atoms with Crippen LogP contribution in [-0.4, -0.2) is 134 Å². The van der Waals surface area contributed by atoms with E-state index < -0.39 is 11.0 Å². The van der Waals surface area contributed by atoms with Crippen molar-refractivity contribution in [1.82, 2.24) is 4.90 Å². The number of hydrogen-bond donors (Lipinski definition) is 1. The van der Waals surface area contributed by atoms with Crippen LogP contribution in [0.4, 0.5) is 0 Å². The number of nitrogens with zero attached hydrogens (tertiary/aromatic N) is 1. The van der Waals surface area contributed by atoms with E-state index in [-0.39, 0.29) is 25.0 Å². The summed E-state index contributed by atoms with van der Waals surface area (Å²) in [6.45, 7) is 7.27. The first kappa shape index (κ1) is 33.4. The zero-order chi connectivity index (χ0) is 31.1. The molecule has 11 nitrogen and oxygen atoms in total. The SMILES string of the molecule is COCCOCCOCCOCCO[C@H]1CC[C@@]2(O)[C@H]3Cc4ccc(OCOCCOC)c5c4[C@@]2(CCN3CC2CCC2)[C@H]1O5. The summed E-state index contributed by atoms with van der Waals surface area (Å²) in [5, 5.41) is 12.8. The first-order valence-electron chi connectivity index (χ1n) is 16.9. The number of likely N-dealkylation sites (tertiary alicyclic amines) is 1. The van der Waals surface area contributed by atoms with Gasteiger partial charge in [0.15, 0.2) is 18.3 Å². The van der Waals surface area contributed by atoms with Crippen molar-refractivity contribution in [3.63, 3.8) is 0 Å². The molecule has 254 valence electrons. The Morgan fingerprint density at radius 1 is 0.844 bits per heavy atom. The van der Waals surface area contributed by atoms with Crippen LogP contribution in [0.15, 0.2) is 12.1 Å². The smallest absolute Gasteiger partial charge is 0.189 e. The van der Waals surface area contributed by atoms with Crippen molar-refractivity contribution in [2.45, 2.75) is 74.2 Å². The van der Waals surface area contributed by atoms with Gasteiger partial charge in [0, 0.05) is 32.4 Å². The monoisotopic (exact) mass is 635 g/mol. The number of piperidine rings is 1. The summed E-state index contributed by atoms with van der Waals surface area (Å²) in [6, 6.07) is 4.27. The Morgan fingerprint density at radius 3 is 2.22 bits per heavy atom. The highest BCUT2D eigenvalue weighted by Crippen LogP contribution is 2.66. The minimum Gasteiger partial charge on any atom is -0.482 e. The van der Waals surface area contributed by atoms with Crippen molar-refractivity contribution < 1.29 is 47.7 Å². The Morgan fingerprint density at radius 2 is 1.53 bits per heavy atom. The van der Waals surface area contributed by atoms with E-state index in [9.17, 15) is 5.11 Å². The van der Waals surface area contributed by atoms with Gasteiger partial charge in [-0.1, -0.05) is 12.5 Å². The summed E-state index contributed by atoms with van der Waals surface area (Å²) in [7, 11) is 3.31. The maximum Gasteiger partial charge on any atom is 0.189 e. The van der Waals surface area contributed by atoms with Crippen molar-refractivity contribution >= 4 is 0 Å². The minimum atomic E-state index is -0.882. The van der Waals surface area contributed by atoms with Gasteiger partial charge in [-0.25, -0.2) is 0 Å². The Bertz CT molecular complexity index is 1090. The molecule has 1 N–H and O–H groups in total. The Labute approximate surface area is 267 Å². The van der Waals surface area contributed by atoms with E-state index in [2.05, 4.69) is 11.0 Å². The lowest BCUT2D eigenvalue weighted by Gasteiger charge is -2.64. The fourth-order valence-corrected chi connectivity index (χ4v) is 8.33. The summed E-state index contributed by atoms with van der Waals surface area (Å²) in [5.74, 6) is 2.18. The Balaban J connectivity index is 1.10. The molecule has 11 heteroatoms. The normalized spacial score (nSPS) is 30.2. The van der Waals surface area contributed by atoms with Gasteiger partial charge >= 0.3 is 0 Å². The molecule has 5 atom stereocenters. The highest BCUT2D eigenvalue weighted by molar-refractivity contribution is 5.63. The molecule has 0 unspecified atom stereocenters. The molecule has 3 aliphatic carbocycles. The third-order valence-electron chi connectivity index (χ3n) is 10.7. The van der Waals surface area contributed by atoms with Crippen molar-refractivity contribution in [1.29, 1.82) is 0 Å². The van der Waals surface area contributed by atoms with Crippen LogP contribution in [0.5, 0.6) is 11.5 Å². The van der Waals surface area contributed by atoms with Crippen molar-refractivity contribution in [2.75, 3.05) is 100 Å². The fourth-order valence-electron chi connectivity index (χ4n) is 8.33. The zero-order valence-electron chi connectivity index (χ0n) is 27.2. The lowest BCUT2D eigenvalue weighted by atomic mass is 9.48. The number of aliphatic hydroxyl groups is 1. The number of methoxy groups -OCH3 is 2. The van der Waals surface area contributed by atoms with Crippen LogP contribution in [0.25, 0.3) is 0 Å². The van der Waals surface area contributed by atoms with Crippen LogP contribution in [0.1, 0.15) is 49.7 Å². The van der Waals surface area contributed by atoms with Gasteiger partial charge in [-0.15, -0.1) is 0 Å². The largest absolute Gasteiger partial charge is 0.482 e. The van der Waals surface area contributed by atoms with E-state index >= 15 is 0 Å². The highest BCUT2D eigenvalue weighted by atomic mass is 16.7. The van der Waals surface area contributed by atoms with Crippen LogP contribution < -0.4 is 9.47 Å². The molecule has 6 rings (SSSR count). The molecule has 2 bridgehead atoms. The van der Waals surface area contributed by atoms with Gasteiger partial charge < -0.3 is 47.7 Å². The van der Waals surface area contributed by atoms with E-state index in [4.69, 9.17) is 42.6 Å².